The number of aliphatic hydroxyl groups excluding tert-OH is 5. The van der Waals surface area contributed by atoms with Crippen LogP contribution in [-0.4, -0.2) is 107 Å². The molecule has 0 rings (SSSR count). The van der Waals surface area contributed by atoms with Gasteiger partial charge in [-0.05, 0) is 0 Å². The van der Waals surface area contributed by atoms with Crippen LogP contribution in [0, 0.1) is 0 Å². The molecule has 26 heavy (non-hydrogen) atoms. The molecular formula is C12H20FeO13. The van der Waals surface area contributed by atoms with Gasteiger partial charge in [0.05, 0.1) is 19.4 Å². The number of carbonyl (C=O) groups excluding carboxylic acids is 1. The molecule has 0 spiro atoms. The van der Waals surface area contributed by atoms with Crippen LogP contribution in [0.3, 0.4) is 0 Å². The summed E-state index contributed by atoms with van der Waals surface area (Å²) in [5.74, 6) is -6.02. The largest absolute Gasteiger partial charge is 0.481 e. The van der Waals surface area contributed by atoms with Gasteiger partial charge in [0, 0.05) is 17.1 Å². The predicted molar refractivity (Wildman–Crippen MR) is 74.3 cm³/mol. The third-order valence-electron chi connectivity index (χ3n) is 2.68. The molecule has 14 heteroatoms. The standard InChI is InChI=1S/C6H8O7.C6H12O6.Fe/c7-3(8)1-6(13,5(11)12)2-4(9)10;7-1-3(9)5(11)6(12)4(10)2-8;/h13H,1-2H2,(H,7,8)(H,9,10)(H,11,12);3,5-9,11-12H,1-2H2;/t;3-,5+,6+;/m.1./s1. The summed E-state index contributed by atoms with van der Waals surface area (Å²) in [5.41, 5.74) is -2.74. The number of carboxylic acid groups (broad SMARTS) is 3. The Kier molecular flexibility index (Phi) is 15.2. The maximum absolute atomic E-state index is 10.5. The fraction of sp³-hybridized carbons (Fsp3) is 0.667. The zero-order valence-corrected chi connectivity index (χ0v) is 14.2. The van der Waals surface area contributed by atoms with E-state index in [-0.39, 0.29) is 17.1 Å². The Morgan fingerprint density at radius 2 is 1.23 bits per heavy atom. The second kappa shape index (κ2) is 13.5. The van der Waals surface area contributed by atoms with Crippen molar-refractivity contribution in [3.05, 3.63) is 0 Å². The van der Waals surface area contributed by atoms with Gasteiger partial charge in [-0.2, -0.15) is 0 Å². The average Bonchev–Trinajstić information content (AvgIpc) is 2.50. The molecule has 0 aromatic heterocycles. The number of hydrogen-bond donors (Lipinski definition) is 9. The maximum atomic E-state index is 10.5. The van der Waals surface area contributed by atoms with Crippen LogP contribution >= 0.6 is 0 Å². The molecule has 0 unspecified atom stereocenters. The summed E-state index contributed by atoms with van der Waals surface area (Å²) < 4.78 is 0. The summed E-state index contributed by atoms with van der Waals surface area (Å²) in [4.78, 5) is 41.0. The van der Waals surface area contributed by atoms with Crippen molar-refractivity contribution in [2.45, 2.75) is 36.8 Å². The van der Waals surface area contributed by atoms with E-state index in [9.17, 15) is 19.2 Å². The van der Waals surface area contributed by atoms with Crippen LogP contribution in [0.1, 0.15) is 12.8 Å². The molecule has 0 fully saturated rings. The fourth-order valence-electron chi connectivity index (χ4n) is 1.32. The minimum atomic E-state index is -2.74. The number of hydrogen-bond acceptors (Lipinski definition) is 10. The van der Waals surface area contributed by atoms with Gasteiger partial charge in [0.2, 0.25) is 0 Å². The number of carboxylic acids is 3. The van der Waals surface area contributed by atoms with E-state index in [4.69, 9.17) is 46.0 Å². The summed E-state index contributed by atoms with van der Waals surface area (Å²) in [7, 11) is 0. The second-order valence-corrected chi connectivity index (χ2v) is 4.79. The minimum Gasteiger partial charge on any atom is -0.481 e. The van der Waals surface area contributed by atoms with Crippen molar-refractivity contribution in [2.24, 2.45) is 0 Å². The van der Waals surface area contributed by atoms with Crippen molar-refractivity contribution in [3.63, 3.8) is 0 Å². The Morgan fingerprint density at radius 1 is 0.846 bits per heavy atom. The molecule has 0 bridgehead atoms. The van der Waals surface area contributed by atoms with Crippen LogP contribution in [-0.2, 0) is 36.2 Å². The van der Waals surface area contributed by atoms with Crippen molar-refractivity contribution < 1.29 is 82.2 Å². The Hall–Kier alpha value is -1.64. The molecular weight excluding hydrogens is 408 g/mol. The molecule has 13 nitrogen and oxygen atoms in total. The number of aliphatic hydroxyl groups is 6. The Balaban J connectivity index is -0.000000393. The molecule has 0 heterocycles. The van der Waals surface area contributed by atoms with Crippen LogP contribution < -0.4 is 0 Å². The van der Waals surface area contributed by atoms with Gasteiger partial charge in [0.25, 0.3) is 0 Å². The smallest absolute Gasteiger partial charge is 0.336 e. The summed E-state index contributed by atoms with van der Waals surface area (Å²) in [5, 5.41) is 76.9. The first-order valence-electron chi connectivity index (χ1n) is 6.50. The van der Waals surface area contributed by atoms with E-state index in [1.165, 1.54) is 0 Å². The molecule has 0 aromatic rings. The molecule has 0 aliphatic heterocycles. The van der Waals surface area contributed by atoms with Gasteiger partial charge < -0.3 is 46.0 Å². The monoisotopic (exact) mass is 428 g/mol. The molecule has 0 amide bonds. The molecule has 154 valence electrons. The van der Waals surface area contributed by atoms with Crippen molar-refractivity contribution in [3.8, 4) is 0 Å². The molecule has 0 saturated heterocycles. The second-order valence-electron chi connectivity index (χ2n) is 4.79. The first kappa shape index (κ1) is 29.1. The first-order valence-corrected chi connectivity index (χ1v) is 6.50. The normalized spacial score (nSPS) is 13.9. The summed E-state index contributed by atoms with van der Waals surface area (Å²) >= 11 is 0. The number of rotatable bonds is 10. The molecule has 0 aromatic carbocycles. The van der Waals surface area contributed by atoms with E-state index in [2.05, 4.69) is 0 Å². The first-order chi connectivity index (χ1) is 11.3. The fourth-order valence-corrected chi connectivity index (χ4v) is 1.32. The van der Waals surface area contributed by atoms with Crippen LogP contribution in [0.15, 0.2) is 0 Å². The Morgan fingerprint density at radius 3 is 1.46 bits per heavy atom. The van der Waals surface area contributed by atoms with Crippen LogP contribution in [0.5, 0.6) is 0 Å². The van der Waals surface area contributed by atoms with Gasteiger partial charge in [-0.15, -0.1) is 0 Å². The van der Waals surface area contributed by atoms with Crippen molar-refractivity contribution in [1.29, 1.82) is 0 Å². The van der Waals surface area contributed by atoms with E-state index < -0.39 is 73.7 Å². The van der Waals surface area contributed by atoms with Gasteiger partial charge in [-0.3, -0.25) is 14.4 Å². The van der Waals surface area contributed by atoms with Gasteiger partial charge in [0.1, 0.15) is 24.9 Å². The van der Waals surface area contributed by atoms with Crippen LogP contribution in [0.25, 0.3) is 0 Å². The predicted octanol–water partition coefficient (Wildman–Crippen LogP) is -4.63. The topological polar surface area (TPSA) is 250 Å². The van der Waals surface area contributed by atoms with Crippen molar-refractivity contribution >= 4 is 23.7 Å². The molecule has 0 radical (unpaired) electrons. The third-order valence-corrected chi connectivity index (χ3v) is 2.68. The van der Waals surface area contributed by atoms with Gasteiger partial charge in [-0.1, -0.05) is 0 Å². The van der Waals surface area contributed by atoms with Crippen molar-refractivity contribution in [1.82, 2.24) is 0 Å². The van der Waals surface area contributed by atoms with E-state index in [0.717, 1.165) is 0 Å². The quantitative estimate of drug-likeness (QED) is 0.149. The zero-order chi connectivity index (χ0) is 20.4. The average molecular weight is 428 g/mol. The Labute approximate surface area is 156 Å². The Bertz CT molecular complexity index is 464. The minimum absolute atomic E-state index is 0. The number of carbonyl (C=O) groups is 4. The van der Waals surface area contributed by atoms with Gasteiger partial charge >= 0.3 is 17.9 Å². The number of aliphatic carboxylic acids is 3. The molecule has 9 N–H and O–H groups in total. The van der Waals surface area contributed by atoms with Crippen LogP contribution in [0.4, 0.5) is 0 Å². The van der Waals surface area contributed by atoms with Crippen LogP contribution in [0.2, 0.25) is 0 Å². The van der Waals surface area contributed by atoms with E-state index in [0.29, 0.717) is 0 Å². The maximum Gasteiger partial charge on any atom is 0.336 e. The summed E-state index contributed by atoms with van der Waals surface area (Å²) in [6.07, 6.45) is -7.51. The summed E-state index contributed by atoms with van der Waals surface area (Å²) in [6.45, 7) is -1.69. The third kappa shape index (κ3) is 11.1. The molecule has 0 aliphatic carbocycles. The van der Waals surface area contributed by atoms with Gasteiger partial charge in [-0.25, -0.2) is 4.79 Å². The van der Waals surface area contributed by atoms with E-state index in [1.54, 1.807) is 0 Å². The summed E-state index contributed by atoms with van der Waals surface area (Å²) in [6, 6.07) is 0. The zero-order valence-electron chi connectivity index (χ0n) is 13.1. The van der Waals surface area contributed by atoms with E-state index in [1.807, 2.05) is 0 Å². The van der Waals surface area contributed by atoms with E-state index >= 15 is 0 Å². The number of ketones is 1. The number of Topliss-reactive ketones (excluding diaryl/α,β-unsaturated/α-hetero) is 1. The SMILES string of the molecule is O=C(CO)[C@H](O)[C@@H](O)[C@H](O)CO.O=C(O)CC(O)(CC(=O)O)C(=O)O.[Fe]. The molecule has 3 atom stereocenters. The molecule has 0 aliphatic rings. The molecule has 0 saturated carbocycles. The van der Waals surface area contributed by atoms with Crippen molar-refractivity contribution in [2.75, 3.05) is 13.2 Å². The van der Waals surface area contributed by atoms with Gasteiger partial charge in [0.15, 0.2) is 11.4 Å².